The van der Waals surface area contributed by atoms with Gasteiger partial charge in [0.25, 0.3) is 0 Å². The van der Waals surface area contributed by atoms with Gasteiger partial charge in [0, 0.05) is 4.47 Å². The lowest BCUT2D eigenvalue weighted by Gasteiger charge is -2.19. The molecule has 0 heterocycles. The Bertz CT molecular complexity index is 338. The summed E-state index contributed by atoms with van der Waals surface area (Å²) < 4.78 is 14.2. The van der Waals surface area contributed by atoms with Crippen LogP contribution < -0.4 is 5.32 Å². The fraction of sp³-hybridized carbons (Fsp3) is 0.455. The number of aliphatic hydroxyl groups is 1. The van der Waals surface area contributed by atoms with Gasteiger partial charge < -0.3 is 10.4 Å². The molecule has 2 atom stereocenters. The van der Waals surface area contributed by atoms with Crippen molar-refractivity contribution in [3.05, 3.63) is 28.5 Å². The van der Waals surface area contributed by atoms with Crippen LogP contribution in [0.25, 0.3) is 0 Å². The molecule has 0 unspecified atom stereocenters. The number of nitrogens with one attached hydrogen (secondary N) is 1. The molecule has 0 spiro atoms. The number of para-hydroxylation sites is 1. The first kappa shape index (κ1) is 10.9. The predicted molar refractivity (Wildman–Crippen MR) is 61.4 cm³/mol. The van der Waals surface area contributed by atoms with Crippen LogP contribution in [0.2, 0.25) is 0 Å². The molecule has 0 aliphatic heterocycles. The highest BCUT2D eigenvalue weighted by molar-refractivity contribution is 9.10. The van der Waals surface area contributed by atoms with Crippen LogP contribution in [0.4, 0.5) is 10.1 Å². The zero-order valence-electron chi connectivity index (χ0n) is 8.21. The highest BCUT2D eigenvalue weighted by atomic mass is 79.9. The van der Waals surface area contributed by atoms with Crippen molar-refractivity contribution in [2.24, 2.45) is 0 Å². The summed E-state index contributed by atoms with van der Waals surface area (Å²) in [4.78, 5) is 0. The number of rotatable bonds is 2. The Balaban J connectivity index is 2.16. The summed E-state index contributed by atoms with van der Waals surface area (Å²) in [6, 6.07) is 4.81. The molecule has 4 heteroatoms. The lowest BCUT2D eigenvalue weighted by Crippen LogP contribution is -2.28. The molecule has 1 aromatic carbocycles. The number of benzene rings is 1. The van der Waals surface area contributed by atoms with Gasteiger partial charge in [-0.15, -0.1) is 0 Å². The lowest BCUT2D eigenvalue weighted by molar-refractivity contribution is 0.171. The molecule has 2 N–H and O–H groups in total. The Morgan fingerprint density at radius 1 is 1.40 bits per heavy atom. The predicted octanol–water partition coefficient (Wildman–Crippen LogP) is 2.91. The third kappa shape index (κ3) is 2.32. The SMILES string of the molecule is O[C@H]1CCC[C@@H]1Nc1c(F)cccc1Br. The molecular weight excluding hydrogens is 261 g/mol. The van der Waals surface area contributed by atoms with Crippen LogP contribution >= 0.6 is 15.9 Å². The molecule has 0 radical (unpaired) electrons. The second kappa shape index (κ2) is 4.49. The molecular formula is C11H13BrFNO. The fourth-order valence-corrected chi connectivity index (χ4v) is 2.39. The van der Waals surface area contributed by atoms with Gasteiger partial charge in [-0.2, -0.15) is 0 Å². The van der Waals surface area contributed by atoms with Crippen LogP contribution in [0.15, 0.2) is 22.7 Å². The van der Waals surface area contributed by atoms with Gasteiger partial charge in [0.1, 0.15) is 5.82 Å². The average Bonchev–Trinajstić information content (AvgIpc) is 2.58. The minimum atomic E-state index is -0.364. The molecule has 1 fully saturated rings. The molecule has 1 aromatic rings. The van der Waals surface area contributed by atoms with E-state index in [1.165, 1.54) is 6.07 Å². The monoisotopic (exact) mass is 273 g/mol. The molecule has 0 amide bonds. The molecule has 15 heavy (non-hydrogen) atoms. The van der Waals surface area contributed by atoms with Crippen molar-refractivity contribution in [3.8, 4) is 0 Å². The topological polar surface area (TPSA) is 32.3 Å². The molecule has 1 aliphatic carbocycles. The Labute approximate surface area is 96.6 Å². The van der Waals surface area contributed by atoms with Crippen molar-refractivity contribution in [2.45, 2.75) is 31.4 Å². The minimum Gasteiger partial charge on any atom is -0.391 e. The van der Waals surface area contributed by atoms with Crippen LogP contribution in [-0.2, 0) is 0 Å². The maximum atomic E-state index is 13.5. The number of hydrogen-bond acceptors (Lipinski definition) is 2. The summed E-state index contributed by atoms with van der Waals surface area (Å²) in [6.45, 7) is 0. The van der Waals surface area contributed by atoms with Gasteiger partial charge in [-0.05, 0) is 47.3 Å². The molecule has 0 aromatic heterocycles. The maximum Gasteiger partial charge on any atom is 0.147 e. The van der Waals surface area contributed by atoms with Crippen LogP contribution in [-0.4, -0.2) is 17.3 Å². The second-order valence-corrected chi connectivity index (χ2v) is 4.70. The van der Waals surface area contributed by atoms with Crippen LogP contribution in [0.1, 0.15) is 19.3 Å². The van der Waals surface area contributed by atoms with Gasteiger partial charge in [0.2, 0.25) is 0 Å². The van der Waals surface area contributed by atoms with E-state index in [0.29, 0.717) is 10.2 Å². The Morgan fingerprint density at radius 2 is 2.20 bits per heavy atom. The zero-order chi connectivity index (χ0) is 10.8. The number of halogens is 2. The summed E-state index contributed by atoms with van der Waals surface area (Å²) in [6.07, 6.45) is 2.31. The van der Waals surface area contributed by atoms with Crippen molar-refractivity contribution in [1.29, 1.82) is 0 Å². The first-order valence-electron chi connectivity index (χ1n) is 5.07. The quantitative estimate of drug-likeness (QED) is 0.869. The van der Waals surface area contributed by atoms with E-state index in [9.17, 15) is 9.50 Å². The Hall–Kier alpha value is -0.610. The van der Waals surface area contributed by atoms with E-state index in [2.05, 4.69) is 21.2 Å². The Morgan fingerprint density at radius 3 is 2.80 bits per heavy atom. The fourth-order valence-electron chi connectivity index (χ4n) is 1.93. The van der Waals surface area contributed by atoms with E-state index < -0.39 is 0 Å². The molecule has 0 saturated heterocycles. The molecule has 2 rings (SSSR count). The highest BCUT2D eigenvalue weighted by Crippen LogP contribution is 2.29. The molecule has 2 nitrogen and oxygen atoms in total. The summed E-state index contributed by atoms with van der Waals surface area (Å²) in [5, 5.41) is 12.7. The average molecular weight is 274 g/mol. The highest BCUT2D eigenvalue weighted by Gasteiger charge is 2.26. The van der Waals surface area contributed by atoms with E-state index in [-0.39, 0.29) is 18.0 Å². The smallest absolute Gasteiger partial charge is 0.147 e. The first-order chi connectivity index (χ1) is 7.18. The van der Waals surface area contributed by atoms with E-state index in [4.69, 9.17) is 0 Å². The van der Waals surface area contributed by atoms with Crippen LogP contribution in [0.5, 0.6) is 0 Å². The number of anilines is 1. The van der Waals surface area contributed by atoms with E-state index in [0.717, 1.165) is 19.3 Å². The van der Waals surface area contributed by atoms with Crippen molar-refractivity contribution < 1.29 is 9.50 Å². The summed E-state index contributed by atoms with van der Waals surface area (Å²) >= 11 is 3.29. The van der Waals surface area contributed by atoms with Crippen molar-refractivity contribution in [1.82, 2.24) is 0 Å². The summed E-state index contributed by atoms with van der Waals surface area (Å²) in [5.41, 5.74) is 0.448. The second-order valence-electron chi connectivity index (χ2n) is 3.85. The number of aliphatic hydroxyl groups excluding tert-OH is 1. The first-order valence-corrected chi connectivity index (χ1v) is 5.86. The van der Waals surface area contributed by atoms with E-state index >= 15 is 0 Å². The van der Waals surface area contributed by atoms with Gasteiger partial charge in [-0.1, -0.05) is 6.07 Å². The van der Waals surface area contributed by atoms with E-state index in [1.807, 2.05) is 0 Å². The summed E-state index contributed by atoms with van der Waals surface area (Å²) in [7, 11) is 0. The number of hydrogen-bond donors (Lipinski definition) is 2. The molecule has 0 bridgehead atoms. The minimum absolute atomic E-state index is 0.0294. The van der Waals surface area contributed by atoms with Crippen molar-refractivity contribution in [3.63, 3.8) is 0 Å². The largest absolute Gasteiger partial charge is 0.391 e. The standard InChI is InChI=1S/C11H13BrFNO/c12-7-3-1-4-8(13)11(7)14-9-5-2-6-10(9)15/h1,3-4,9-10,14-15H,2,5-6H2/t9-,10-/m0/s1. The van der Waals surface area contributed by atoms with Crippen molar-refractivity contribution in [2.75, 3.05) is 5.32 Å². The van der Waals surface area contributed by atoms with Crippen LogP contribution in [0.3, 0.4) is 0 Å². The van der Waals surface area contributed by atoms with E-state index in [1.54, 1.807) is 12.1 Å². The van der Waals surface area contributed by atoms with Gasteiger partial charge in [0.15, 0.2) is 0 Å². The third-order valence-corrected chi connectivity index (χ3v) is 3.43. The lowest BCUT2D eigenvalue weighted by atomic mass is 10.2. The zero-order valence-corrected chi connectivity index (χ0v) is 9.80. The van der Waals surface area contributed by atoms with Gasteiger partial charge >= 0.3 is 0 Å². The summed E-state index contributed by atoms with van der Waals surface area (Å²) in [5.74, 6) is -0.288. The van der Waals surface area contributed by atoms with Crippen molar-refractivity contribution >= 4 is 21.6 Å². The van der Waals surface area contributed by atoms with Gasteiger partial charge in [-0.25, -0.2) is 4.39 Å². The molecule has 1 aliphatic rings. The third-order valence-electron chi connectivity index (χ3n) is 2.77. The van der Waals surface area contributed by atoms with Gasteiger partial charge in [-0.3, -0.25) is 0 Å². The Kier molecular flexibility index (Phi) is 3.26. The maximum absolute atomic E-state index is 13.5. The molecule has 1 saturated carbocycles. The normalized spacial score (nSPS) is 25.5. The molecule has 82 valence electrons. The van der Waals surface area contributed by atoms with Crippen LogP contribution in [0, 0.1) is 5.82 Å². The van der Waals surface area contributed by atoms with Gasteiger partial charge in [0.05, 0.1) is 17.8 Å².